The summed E-state index contributed by atoms with van der Waals surface area (Å²) in [5, 5.41) is 2.82. The van der Waals surface area contributed by atoms with Crippen molar-refractivity contribution in [2.24, 2.45) is 0 Å². The van der Waals surface area contributed by atoms with Crippen molar-refractivity contribution in [2.75, 3.05) is 17.8 Å². The van der Waals surface area contributed by atoms with Gasteiger partial charge in [-0.1, -0.05) is 11.6 Å². The van der Waals surface area contributed by atoms with Crippen LogP contribution in [0, 0.1) is 5.82 Å². The first-order valence-electron chi connectivity index (χ1n) is 5.66. The molecule has 1 aromatic carbocycles. The molecule has 0 spiro atoms. The molecule has 1 saturated heterocycles. The number of benzene rings is 1. The third-order valence-corrected chi connectivity index (χ3v) is 5.09. The Morgan fingerprint density at radius 3 is 2.67 bits per heavy atom. The zero-order valence-electron chi connectivity index (χ0n) is 9.62. The maximum absolute atomic E-state index is 13.1. The van der Waals surface area contributed by atoms with Gasteiger partial charge in [-0.25, -0.2) is 12.8 Å². The number of nitrogens with one attached hydrogen (secondary N) is 2. The second-order valence-electron chi connectivity index (χ2n) is 4.22. The van der Waals surface area contributed by atoms with E-state index < -0.39 is 21.1 Å². The smallest absolute Gasteiger partial charge is 0.235 e. The molecule has 2 N–H and O–H groups in total. The average molecular weight is 293 g/mol. The zero-order valence-corrected chi connectivity index (χ0v) is 11.2. The van der Waals surface area contributed by atoms with Gasteiger partial charge >= 0.3 is 0 Å². The number of rotatable bonds is 3. The Morgan fingerprint density at radius 2 is 2.00 bits per heavy atom. The standard InChI is InChI=1S/C11H14ClFN2O2S/c12-10-2-1-8(13)7-11(10)15-18(16,17)9-3-5-14-6-4-9/h1-2,7,9,14-15H,3-6H2. The number of hydrogen-bond acceptors (Lipinski definition) is 3. The first-order valence-corrected chi connectivity index (χ1v) is 7.59. The van der Waals surface area contributed by atoms with Crippen molar-refractivity contribution < 1.29 is 12.8 Å². The summed E-state index contributed by atoms with van der Waals surface area (Å²) in [5.41, 5.74) is 0.0928. The molecule has 0 saturated carbocycles. The van der Waals surface area contributed by atoms with E-state index in [1.807, 2.05) is 0 Å². The van der Waals surface area contributed by atoms with E-state index in [-0.39, 0.29) is 10.7 Å². The molecule has 0 bridgehead atoms. The van der Waals surface area contributed by atoms with Crippen LogP contribution in [0.1, 0.15) is 12.8 Å². The van der Waals surface area contributed by atoms with Gasteiger partial charge in [0.15, 0.2) is 0 Å². The Morgan fingerprint density at radius 1 is 1.33 bits per heavy atom. The topological polar surface area (TPSA) is 58.2 Å². The molecule has 4 nitrogen and oxygen atoms in total. The molecule has 0 radical (unpaired) electrons. The minimum atomic E-state index is -3.52. The second kappa shape index (κ2) is 5.42. The van der Waals surface area contributed by atoms with Gasteiger partial charge in [0, 0.05) is 0 Å². The largest absolute Gasteiger partial charge is 0.317 e. The van der Waals surface area contributed by atoms with Crippen LogP contribution in [0.4, 0.5) is 10.1 Å². The molecule has 1 aromatic rings. The molecule has 1 aliphatic heterocycles. The molecular weight excluding hydrogens is 279 g/mol. The third-order valence-electron chi connectivity index (χ3n) is 2.91. The van der Waals surface area contributed by atoms with E-state index in [1.54, 1.807) is 0 Å². The van der Waals surface area contributed by atoms with Gasteiger partial charge in [-0.05, 0) is 44.1 Å². The molecule has 1 aliphatic rings. The van der Waals surface area contributed by atoms with E-state index in [4.69, 9.17) is 11.6 Å². The Hall–Kier alpha value is -0.850. The van der Waals surface area contributed by atoms with Crippen LogP contribution in [0.3, 0.4) is 0 Å². The van der Waals surface area contributed by atoms with Crippen LogP contribution in [0.5, 0.6) is 0 Å². The van der Waals surface area contributed by atoms with Crippen molar-refractivity contribution in [3.8, 4) is 0 Å². The van der Waals surface area contributed by atoms with Gasteiger partial charge < -0.3 is 5.32 Å². The lowest BCUT2D eigenvalue weighted by molar-refractivity contribution is 0.499. The average Bonchev–Trinajstić information content (AvgIpc) is 2.35. The van der Waals surface area contributed by atoms with Gasteiger partial charge in [0.05, 0.1) is 16.0 Å². The minimum Gasteiger partial charge on any atom is -0.317 e. The van der Waals surface area contributed by atoms with Crippen molar-refractivity contribution in [1.82, 2.24) is 5.32 Å². The molecular formula is C11H14ClFN2O2S. The van der Waals surface area contributed by atoms with Crippen LogP contribution in [0.15, 0.2) is 18.2 Å². The molecule has 2 rings (SSSR count). The Bertz CT molecular complexity index is 530. The van der Waals surface area contributed by atoms with Crippen LogP contribution >= 0.6 is 11.6 Å². The lowest BCUT2D eigenvalue weighted by Crippen LogP contribution is -2.38. The van der Waals surface area contributed by atoms with Gasteiger partial charge in [-0.15, -0.1) is 0 Å². The van der Waals surface area contributed by atoms with Crippen molar-refractivity contribution in [3.05, 3.63) is 29.0 Å². The molecule has 1 fully saturated rings. The Balaban J connectivity index is 2.18. The maximum Gasteiger partial charge on any atom is 0.235 e. The van der Waals surface area contributed by atoms with Gasteiger partial charge in [0.2, 0.25) is 10.0 Å². The summed E-state index contributed by atoms with van der Waals surface area (Å²) in [6.07, 6.45) is 1.09. The highest BCUT2D eigenvalue weighted by molar-refractivity contribution is 7.93. The van der Waals surface area contributed by atoms with Crippen LogP contribution in [-0.4, -0.2) is 26.8 Å². The molecule has 0 amide bonds. The Labute approximate surface area is 111 Å². The van der Waals surface area contributed by atoms with Crippen molar-refractivity contribution in [1.29, 1.82) is 0 Å². The van der Waals surface area contributed by atoms with Crippen LogP contribution < -0.4 is 10.0 Å². The summed E-state index contributed by atoms with van der Waals surface area (Å²) < 4.78 is 39.6. The highest BCUT2D eigenvalue weighted by Crippen LogP contribution is 2.25. The molecule has 1 heterocycles. The van der Waals surface area contributed by atoms with Crippen molar-refractivity contribution >= 4 is 27.3 Å². The minimum absolute atomic E-state index is 0.0928. The van der Waals surface area contributed by atoms with Crippen LogP contribution in [0.2, 0.25) is 5.02 Å². The number of halogens is 2. The summed E-state index contributed by atoms with van der Waals surface area (Å²) in [6, 6.07) is 3.60. The van der Waals surface area contributed by atoms with E-state index in [0.717, 1.165) is 6.07 Å². The van der Waals surface area contributed by atoms with Gasteiger partial charge in [0.1, 0.15) is 5.82 Å². The molecule has 7 heteroatoms. The molecule has 18 heavy (non-hydrogen) atoms. The van der Waals surface area contributed by atoms with E-state index in [0.29, 0.717) is 25.9 Å². The highest BCUT2D eigenvalue weighted by Gasteiger charge is 2.27. The number of anilines is 1. The molecule has 0 unspecified atom stereocenters. The fourth-order valence-corrected chi connectivity index (χ4v) is 3.64. The second-order valence-corrected chi connectivity index (χ2v) is 6.59. The normalized spacial score (nSPS) is 17.7. The van der Waals surface area contributed by atoms with Gasteiger partial charge in [0.25, 0.3) is 0 Å². The first kappa shape index (κ1) is 13.6. The SMILES string of the molecule is O=S(=O)(Nc1cc(F)ccc1Cl)C1CCNCC1. The third kappa shape index (κ3) is 3.13. The van der Waals surface area contributed by atoms with E-state index in [9.17, 15) is 12.8 Å². The molecule has 100 valence electrons. The van der Waals surface area contributed by atoms with Crippen LogP contribution in [0.25, 0.3) is 0 Å². The quantitative estimate of drug-likeness (QED) is 0.895. The van der Waals surface area contributed by atoms with Crippen molar-refractivity contribution in [3.63, 3.8) is 0 Å². The fraction of sp³-hybridized carbons (Fsp3) is 0.455. The van der Waals surface area contributed by atoms with Crippen molar-refractivity contribution in [2.45, 2.75) is 18.1 Å². The maximum atomic E-state index is 13.1. The summed E-state index contributed by atoms with van der Waals surface area (Å²) in [6.45, 7) is 1.34. The van der Waals surface area contributed by atoms with Gasteiger partial charge in [-0.2, -0.15) is 0 Å². The number of sulfonamides is 1. The Kier molecular flexibility index (Phi) is 4.09. The van der Waals surface area contributed by atoms with E-state index in [2.05, 4.69) is 10.0 Å². The molecule has 0 atom stereocenters. The zero-order chi connectivity index (χ0) is 13.2. The molecule has 0 aromatic heterocycles. The monoisotopic (exact) mass is 292 g/mol. The number of hydrogen-bond donors (Lipinski definition) is 2. The predicted molar refractivity (Wildman–Crippen MR) is 69.8 cm³/mol. The summed E-state index contributed by atoms with van der Waals surface area (Å²) >= 11 is 5.84. The summed E-state index contributed by atoms with van der Waals surface area (Å²) in [5.74, 6) is -0.526. The van der Waals surface area contributed by atoms with Gasteiger partial charge in [-0.3, -0.25) is 4.72 Å². The number of piperidine rings is 1. The fourth-order valence-electron chi connectivity index (χ4n) is 1.92. The lowest BCUT2D eigenvalue weighted by Gasteiger charge is -2.23. The van der Waals surface area contributed by atoms with E-state index in [1.165, 1.54) is 12.1 Å². The summed E-state index contributed by atoms with van der Waals surface area (Å²) in [4.78, 5) is 0. The molecule has 0 aliphatic carbocycles. The first-order chi connectivity index (χ1) is 8.49. The van der Waals surface area contributed by atoms with E-state index >= 15 is 0 Å². The van der Waals surface area contributed by atoms with Crippen LogP contribution in [-0.2, 0) is 10.0 Å². The predicted octanol–water partition coefficient (Wildman–Crippen LogP) is 1.97. The summed E-state index contributed by atoms with van der Waals surface area (Å²) in [7, 11) is -3.52. The highest BCUT2D eigenvalue weighted by atomic mass is 35.5. The lowest BCUT2D eigenvalue weighted by atomic mass is 10.2.